The number of nitriles is 1. The van der Waals surface area contributed by atoms with Gasteiger partial charge in [0.15, 0.2) is 5.82 Å². The third-order valence-corrected chi connectivity index (χ3v) is 18.0. The monoisotopic (exact) mass is 1120 g/mol. The largest absolute Gasteiger partial charge is 0.508 e. The third-order valence-electron chi connectivity index (χ3n) is 18.0. The zero-order valence-electron chi connectivity index (χ0n) is 47.0. The van der Waals surface area contributed by atoms with E-state index < -0.39 is 17.7 Å². The molecule has 82 heavy (non-hydrogen) atoms. The van der Waals surface area contributed by atoms with Gasteiger partial charge in [0.05, 0.1) is 23.6 Å². The van der Waals surface area contributed by atoms with Crippen molar-refractivity contribution in [3.63, 3.8) is 0 Å². The summed E-state index contributed by atoms with van der Waals surface area (Å²) in [5, 5.41) is 24.5. The molecule has 6 aliphatic rings. The van der Waals surface area contributed by atoms with E-state index in [1.54, 1.807) is 11.9 Å². The molecule has 5 aromatic rings. The van der Waals surface area contributed by atoms with E-state index in [-0.39, 0.29) is 99.0 Å². The minimum atomic E-state index is -0.819. The van der Waals surface area contributed by atoms with Crippen LogP contribution in [0.3, 0.4) is 0 Å². The van der Waals surface area contributed by atoms with Crippen LogP contribution >= 0.6 is 0 Å². The zero-order valence-corrected chi connectivity index (χ0v) is 47.0. The molecular weight excluding hydrogens is 1040 g/mol. The summed E-state index contributed by atoms with van der Waals surface area (Å²) in [7, 11) is 1.56. The van der Waals surface area contributed by atoms with Gasteiger partial charge in [-0.3, -0.25) is 19.4 Å². The van der Waals surface area contributed by atoms with E-state index in [1.165, 1.54) is 30.5 Å². The number of terminal acetylenes is 1. The molecule has 19 heteroatoms. The first-order valence-corrected chi connectivity index (χ1v) is 29.1. The molecule has 428 valence electrons. The van der Waals surface area contributed by atoms with Gasteiger partial charge in [-0.2, -0.15) is 15.2 Å². The van der Waals surface area contributed by atoms with E-state index in [2.05, 4.69) is 43.1 Å². The number of phenolic OH excluding ortho intramolecular Hbond substituents is 1. The molecule has 2 aliphatic carbocycles. The highest BCUT2D eigenvalue weighted by Crippen LogP contribution is 2.47. The molecule has 0 radical (unpaired) electrons. The molecule has 0 spiro atoms. The number of halogens is 2. The number of anilines is 2. The van der Waals surface area contributed by atoms with Crippen LogP contribution in [0.15, 0.2) is 60.3 Å². The van der Waals surface area contributed by atoms with Crippen molar-refractivity contribution in [2.75, 3.05) is 88.9 Å². The Balaban J connectivity index is 0.761. The summed E-state index contributed by atoms with van der Waals surface area (Å²) < 4.78 is 39.4. The number of nitrogens with zero attached hydrogens (tertiary/aromatic N) is 10. The molecule has 4 aliphatic heterocycles. The molecule has 2 aromatic heterocycles. The maximum absolute atomic E-state index is 17.6. The van der Waals surface area contributed by atoms with Crippen LogP contribution in [0.2, 0.25) is 0 Å². The number of amides is 3. The fraction of sp³-hybridized carbons (Fsp3) is 0.492. The van der Waals surface area contributed by atoms with Crippen LogP contribution in [0, 0.1) is 52.6 Å². The van der Waals surface area contributed by atoms with Crippen LogP contribution < -0.4 is 19.9 Å². The van der Waals surface area contributed by atoms with Crippen LogP contribution in [0.4, 0.5) is 20.3 Å². The number of piperidine rings is 1. The lowest BCUT2D eigenvalue weighted by Crippen LogP contribution is -2.60. The maximum atomic E-state index is 17.6. The highest BCUT2D eigenvalue weighted by Gasteiger charge is 2.46. The number of hydrogen-bond donors (Lipinski definition) is 2. The number of pyridine rings is 1. The molecule has 3 unspecified atom stereocenters. The zero-order chi connectivity index (χ0) is 57.4. The van der Waals surface area contributed by atoms with Gasteiger partial charge in [0.1, 0.15) is 46.5 Å². The van der Waals surface area contributed by atoms with Crippen molar-refractivity contribution >= 4 is 57.2 Å². The first-order valence-electron chi connectivity index (χ1n) is 29.1. The van der Waals surface area contributed by atoms with Crippen molar-refractivity contribution in [3.05, 3.63) is 88.6 Å². The number of allylic oxidation sites excluding steroid dienone is 1. The quantitative estimate of drug-likeness (QED) is 0.0355. The number of benzene rings is 3. The number of piperazine rings is 2. The topological polar surface area (TPSA) is 192 Å². The molecule has 11 rings (SSSR count). The molecule has 0 bridgehead atoms. The minimum absolute atomic E-state index is 0.00726. The Labute approximate surface area is 477 Å². The lowest BCUT2D eigenvalue weighted by molar-refractivity contribution is -0.132. The average molecular weight is 1120 g/mol. The number of aromatic nitrogens is 3. The van der Waals surface area contributed by atoms with E-state index in [0.717, 1.165) is 108 Å². The van der Waals surface area contributed by atoms with Gasteiger partial charge in [0.2, 0.25) is 5.91 Å². The average Bonchev–Trinajstić information content (AvgIpc) is 4.38. The van der Waals surface area contributed by atoms with E-state index in [0.29, 0.717) is 67.2 Å². The summed E-state index contributed by atoms with van der Waals surface area (Å²) in [5.41, 5.74) is 2.41. The van der Waals surface area contributed by atoms with E-state index in [9.17, 15) is 29.5 Å². The number of rotatable bonds is 19. The number of nitrogens with one attached hydrogen (secondary N) is 1. The molecule has 3 amide bonds. The second-order valence-corrected chi connectivity index (χ2v) is 23.4. The highest BCUT2D eigenvalue weighted by atomic mass is 19.1. The van der Waals surface area contributed by atoms with Crippen molar-refractivity contribution in [3.8, 4) is 41.4 Å². The van der Waals surface area contributed by atoms with Gasteiger partial charge in [0.25, 0.3) is 11.8 Å². The van der Waals surface area contributed by atoms with Gasteiger partial charge in [-0.25, -0.2) is 8.78 Å². The maximum Gasteiger partial charge on any atom is 0.319 e. The fourth-order valence-corrected chi connectivity index (χ4v) is 12.9. The lowest BCUT2D eigenvalue weighted by atomic mass is 9.95. The standard InChI is InChI=1S/C63H71F2N11O6/c1-5-44-34-74(35-45(6-2)76(44)60(80)42(30-66)26-39-8-9-39)59-52-31-68-57(51-29-48(78)28-41-10-14-53(64)49(7-3)55(41)51)56(65)58(52)69-62(70-59)82-38-63(18-19-63)37-72-24-22-71(23-25-72)32-40-16-20-73(21-17-40)46-11-13-50-43(27-46)33-75(61(50)81)47(36-77)12-15-54(79)67-4/h3,10-11,13-14,26-29,31,36,39-40,44-45,47,78H,5-6,8-9,12,15-25,32-35,37-38H2,1-2,4H3,(H,67,79)/b42-26+. The van der Waals surface area contributed by atoms with Crippen molar-refractivity contribution in [2.45, 2.75) is 103 Å². The highest BCUT2D eigenvalue weighted by molar-refractivity contribution is 6.03. The van der Waals surface area contributed by atoms with Crippen molar-refractivity contribution in [1.82, 2.24) is 39.9 Å². The predicted molar refractivity (Wildman–Crippen MR) is 308 cm³/mol. The van der Waals surface area contributed by atoms with Gasteiger partial charge in [-0.15, -0.1) is 6.42 Å². The normalized spacial score (nSPS) is 20.9. The van der Waals surface area contributed by atoms with Crippen molar-refractivity contribution in [2.24, 2.45) is 17.3 Å². The number of fused-ring (bicyclic) bond motifs is 3. The number of carbonyl (C=O) groups excluding carboxylic acids is 4. The number of ether oxygens (including phenoxy) is 1. The second-order valence-electron chi connectivity index (χ2n) is 23.4. The summed E-state index contributed by atoms with van der Waals surface area (Å²) in [6.45, 7) is 12.9. The SMILES string of the molecule is C#Cc1c(F)ccc2cc(O)cc(-c3ncc4c(N5CC(CC)N(C(=O)/C(C#N)=C/C6CC6)C(CC)C5)nc(OCC5(CN6CCN(CC7CCN(c8ccc9c(c8)CN(C(C=O)CCC(=O)NC)C9=O)CC7)CC6)CC5)nc4c3F)c12. The number of phenols is 1. The van der Waals surface area contributed by atoms with Gasteiger partial charge in [0, 0.05) is 131 Å². The molecule has 3 aromatic carbocycles. The molecule has 3 atom stereocenters. The Kier molecular flexibility index (Phi) is 16.2. The van der Waals surface area contributed by atoms with Crippen molar-refractivity contribution < 1.29 is 37.8 Å². The van der Waals surface area contributed by atoms with Gasteiger partial charge in [-0.05, 0) is 117 Å². The second kappa shape index (κ2) is 23.6. The Morgan fingerprint density at radius 2 is 1.68 bits per heavy atom. The molecule has 2 N–H and O–H groups in total. The Morgan fingerprint density at radius 3 is 2.34 bits per heavy atom. The van der Waals surface area contributed by atoms with Crippen LogP contribution in [0.1, 0.15) is 99.5 Å². The van der Waals surface area contributed by atoms with E-state index in [4.69, 9.17) is 21.1 Å². The van der Waals surface area contributed by atoms with E-state index in [1.807, 2.05) is 41.9 Å². The summed E-state index contributed by atoms with van der Waals surface area (Å²) in [6, 6.07) is 12.4. The summed E-state index contributed by atoms with van der Waals surface area (Å²) >= 11 is 0. The van der Waals surface area contributed by atoms with Crippen LogP contribution in [-0.4, -0.2) is 161 Å². The third kappa shape index (κ3) is 11.4. The first kappa shape index (κ1) is 56.1. The van der Waals surface area contributed by atoms with Gasteiger partial charge < -0.3 is 49.4 Å². The summed E-state index contributed by atoms with van der Waals surface area (Å²) in [6.07, 6.45) is 17.5. The number of carbonyl (C=O) groups is 4. The molecule has 17 nitrogen and oxygen atoms in total. The molecule has 6 heterocycles. The smallest absolute Gasteiger partial charge is 0.319 e. The van der Waals surface area contributed by atoms with Crippen LogP contribution in [0.5, 0.6) is 11.8 Å². The molecular formula is C63H71F2N11O6. The minimum Gasteiger partial charge on any atom is -0.508 e. The lowest BCUT2D eigenvalue weighted by Gasteiger charge is -2.47. The number of hydrogen-bond acceptors (Lipinski definition) is 14. The Hall–Kier alpha value is -7.74. The Bertz CT molecular complexity index is 3410. The predicted octanol–water partition coefficient (Wildman–Crippen LogP) is 7.62. The molecule has 2 saturated carbocycles. The Morgan fingerprint density at radius 1 is 0.951 bits per heavy atom. The van der Waals surface area contributed by atoms with Gasteiger partial charge >= 0.3 is 6.01 Å². The van der Waals surface area contributed by atoms with Crippen LogP contribution in [0.25, 0.3) is 32.9 Å². The van der Waals surface area contributed by atoms with Gasteiger partial charge in [-0.1, -0.05) is 31.9 Å². The molecule has 3 saturated heterocycles. The fourth-order valence-electron chi connectivity index (χ4n) is 12.9. The number of aromatic hydroxyl groups is 1. The van der Waals surface area contributed by atoms with Crippen LogP contribution in [-0.2, 0) is 20.9 Å². The number of aldehydes is 1. The first-order chi connectivity index (χ1) is 39.7. The van der Waals surface area contributed by atoms with E-state index >= 15 is 8.78 Å². The molecule has 5 fully saturated rings. The van der Waals surface area contributed by atoms with Crippen molar-refractivity contribution in [1.29, 1.82) is 5.26 Å². The summed E-state index contributed by atoms with van der Waals surface area (Å²) in [4.78, 5) is 78.6. The summed E-state index contributed by atoms with van der Waals surface area (Å²) in [5.74, 6) is 1.34.